The van der Waals surface area contributed by atoms with Crippen molar-refractivity contribution in [3.8, 4) is 5.75 Å². The number of amides is 3. The lowest BCUT2D eigenvalue weighted by Crippen LogP contribution is -2.42. The first-order valence-corrected chi connectivity index (χ1v) is 7.24. The largest absolute Gasteiger partial charge is 0.494 e. The van der Waals surface area contributed by atoms with Gasteiger partial charge in [-0.05, 0) is 57.1 Å². The van der Waals surface area contributed by atoms with E-state index in [-0.39, 0.29) is 11.8 Å². The average molecular weight is 291 g/mol. The summed E-state index contributed by atoms with van der Waals surface area (Å²) in [6, 6.07) is 6.52. The lowest BCUT2D eigenvalue weighted by atomic mass is 9.97. The zero-order valence-electron chi connectivity index (χ0n) is 12.1. The van der Waals surface area contributed by atoms with Gasteiger partial charge in [0.2, 0.25) is 5.91 Å². The number of carbonyl (C=O) groups is 2. The Bertz CT molecular complexity index is 481. The van der Waals surface area contributed by atoms with Crippen LogP contribution in [0.25, 0.3) is 0 Å². The summed E-state index contributed by atoms with van der Waals surface area (Å²) in [6.07, 6.45) is 1.53. The lowest BCUT2D eigenvalue weighted by molar-refractivity contribution is -0.124. The number of rotatable bonds is 4. The zero-order valence-corrected chi connectivity index (χ0v) is 12.1. The van der Waals surface area contributed by atoms with Crippen molar-refractivity contribution < 1.29 is 14.3 Å². The van der Waals surface area contributed by atoms with Crippen molar-refractivity contribution in [1.82, 2.24) is 10.6 Å². The fraction of sp³-hybridized carbons (Fsp3) is 0.467. The molecular weight excluding hydrogens is 270 g/mol. The van der Waals surface area contributed by atoms with Crippen molar-refractivity contribution in [3.63, 3.8) is 0 Å². The predicted octanol–water partition coefficient (Wildman–Crippen LogP) is 1.73. The third kappa shape index (κ3) is 4.75. The standard InChI is InChI=1S/C15H21N3O3/c1-2-21-13-5-3-12(4-6-13)17-15(20)18-14(19)11-7-9-16-10-8-11/h3-6,11,16H,2,7-10H2,1H3,(H2,17,18,19,20). The van der Waals surface area contributed by atoms with E-state index in [4.69, 9.17) is 4.74 Å². The van der Waals surface area contributed by atoms with Crippen LogP contribution in [0, 0.1) is 5.92 Å². The summed E-state index contributed by atoms with van der Waals surface area (Å²) in [5, 5.41) is 8.21. The Labute approximate surface area is 124 Å². The number of carbonyl (C=O) groups excluding carboxylic acids is 2. The first-order valence-electron chi connectivity index (χ1n) is 7.24. The Balaban J connectivity index is 1.81. The van der Waals surface area contributed by atoms with Crippen LogP contribution in [-0.4, -0.2) is 31.6 Å². The molecule has 1 saturated heterocycles. The van der Waals surface area contributed by atoms with E-state index in [1.54, 1.807) is 24.3 Å². The maximum absolute atomic E-state index is 11.9. The monoisotopic (exact) mass is 291 g/mol. The van der Waals surface area contributed by atoms with Crippen LogP contribution in [0.4, 0.5) is 10.5 Å². The highest BCUT2D eigenvalue weighted by molar-refractivity contribution is 6.01. The summed E-state index contributed by atoms with van der Waals surface area (Å²) in [5.74, 6) is 0.450. The van der Waals surface area contributed by atoms with E-state index in [0.29, 0.717) is 12.3 Å². The highest BCUT2D eigenvalue weighted by Gasteiger charge is 2.22. The second-order valence-electron chi connectivity index (χ2n) is 4.93. The zero-order chi connectivity index (χ0) is 15.1. The number of hydrogen-bond acceptors (Lipinski definition) is 4. The Morgan fingerprint density at radius 3 is 2.52 bits per heavy atom. The predicted molar refractivity (Wildman–Crippen MR) is 80.4 cm³/mol. The molecule has 6 nitrogen and oxygen atoms in total. The van der Waals surface area contributed by atoms with Crippen molar-refractivity contribution in [2.24, 2.45) is 5.92 Å². The Hall–Kier alpha value is -2.08. The number of ether oxygens (including phenoxy) is 1. The van der Waals surface area contributed by atoms with Gasteiger partial charge < -0.3 is 15.4 Å². The molecule has 114 valence electrons. The van der Waals surface area contributed by atoms with Crippen LogP contribution in [0.3, 0.4) is 0 Å². The topological polar surface area (TPSA) is 79.5 Å². The third-order valence-electron chi connectivity index (χ3n) is 3.37. The van der Waals surface area contributed by atoms with Gasteiger partial charge in [0.05, 0.1) is 6.61 Å². The van der Waals surface area contributed by atoms with E-state index in [1.807, 2.05) is 6.92 Å². The van der Waals surface area contributed by atoms with Gasteiger partial charge in [0.25, 0.3) is 0 Å². The van der Waals surface area contributed by atoms with Crippen LogP contribution in [-0.2, 0) is 4.79 Å². The molecule has 0 saturated carbocycles. The average Bonchev–Trinajstić information content (AvgIpc) is 2.50. The van der Waals surface area contributed by atoms with Gasteiger partial charge in [0.1, 0.15) is 5.75 Å². The molecule has 0 bridgehead atoms. The summed E-state index contributed by atoms with van der Waals surface area (Å²) >= 11 is 0. The smallest absolute Gasteiger partial charge is 0.325 e. The maximum atomic E-state index is 11.9. The molecule has 0 aromatic heterocycles. The van der Waals surface area contributed by atoms with Gasteiger partial charge in [-0.1, -0.05) is 0 Å². The lowest BCUT2D eigenvalue weighted by Gasteiger charge is -2.21. The van der Waals surface area contributed by atoms with Crippen LogP contribution in [0.2, 0.25) is 0 Å². The SMILES string of the molecule is CCOc1ccc(NC(=O)NC(=O)C2CCNCC2)cc1. The second-order valence-corrected chi connectivity index (χ2v) is 4.93. The molecule has 1 heterocycles. The molecule has 1 fully saturated rings. The molecule has 0 unspecified atom stereocenters. The molecule has 0 radical (unpaired) electrons. The van der Waals surface area contributed by atoms with Gasteiger partial charge in [-0.2, -0.15) is 0 Å². The number of anilines is 1. The molecular formula is C15H21N3O3. The van der Waals surface area contributed by atoms with Crippen molar-refractivity contribution in [1.29, 1.82) is 0 Å². The normalized spacial score (nSPS) is 15.3. The van der Waals surface area contributed by atoms with E-state index in [1.165, 1.54) is 0 Å². The van der Waals surface area contributed by atoms with Gasteiger partial charge in [-0.25, -0.2) is 4.79 Å². The molecule has 1 aliphatic heterocycles. The minimum absolute atomic E-state index is 0.0858. The van der Waals surface area contributed by atoms with E-state index < -0.39 is 6.03 Å². The fourth-order valence-electron chi connectivity index (χ4n) is 2.26. The third-order valence-corrected chi connectivity index (χ3v) is 3.37. The molecule has 0 aliphatic carbocycles. The van der Waals surface area contributed by atoms with Crippen LogP contribution >= 0.6 is 0 Å². The molecule has 6 heteroatoms. The highest BCUT2D eigenvalue weighted by atomic mass is 16.5. The molecule has 1 aromatic carbocycles. The number of piperidine rings is 1. The summed E-state index contributed by atoms with van der Waals surface area (Å²) in [5.41, 5.74) is 0.620. The Morgan fingerprint density at radius 2 is 1.90 bits per heavy atom. The van der Waals surface area contributed by atoms with E-state index >= 15 is 0 Å². The maximum Gasteiger partial charge on any atom is 0.325 e. The number of hydrogen-bond donors (Lipinski definition) is 3. The molecule has 1 aromatic rings. The minimum Gasteiger partial charge on any atom is -0.494 e. The summed E-state index contributed by atoms with van der Waals surface area (Å²) in [6.45, 7) is 4.14. The number of urea groups is 1. The number of nitrogens with one attached hydrogen (secondary N) is 3. The molecule has 21 heavy (non-hydrogen) atoms. The number of imide groups is 1. The van der Waals surface area contributed by atoms with Gasteiger partial charge in [0, 0.05) is 11.6 Å². The van der Waals surface area contributed by atoms with Crippen molar-refractivity contribution >= 4 is 17.6 Å². The molecule has 3 N–H and O–H groups in total. The fourth-order valence-corrected chi connectivity index (χ4v) is 2.26. The number of benzene rings is 1. The van der Waals surface area contributed by atoms with Crippen LogP contribution in [0.1, 0.15) is 19.8 Å². The quantitative estimate of drug-likeness (QED) is 0.789. The van der Waals surface area contributed by atoms with Crippen LogP contribution in [0.15, 0.2) is 24.3 Å². The summed E-state index contributed by atoms with van der Waals surface area (Å²) in [4.78, 5) is 23.7. The van der Waals surface area contributed by atoms with Crippen molar-refractivity contribution in [2.75, 3.05) is 25.0 Å². The molecule has 0 atom stereocenters. The summed E-state index contributed by atoms with van der Waals surface area (Å²) < 4.78 is 5.32. The van der Waals surface area contributed by atoms with Crippen molar-refractivity contribution in [3.05, 3.63) is 24.3 Å². The first kappa shape index (κ1) is 15.3. The minimum atomic E-state index is -0.498. The summed E-state index contributed by atoms with van der Waals surface area (Å²) in [7, 11) is 0. The van der Waals surface area contributed by atoms with Gasteiger partial charge >= 0.3 is 6.03 Å². The molecule has 3 amide bonds. The van der Waals surface area contributed by atoms with Crippen LogP contribution < -0.4 is 20.7 Å². The van der Waals surface area contributed by atoms with Gasteiger partial charge in [-0.15, -0.1) is 0 Å². The van der Waals surface area contributed by atoms with E-state index in [2.05, 4.69) is 16.0 Å². The molecule has 1 aliphatic rings. The Morgan fingerprint density at radius 1 is 1.24 bits per heavy atom. The van der Waals surface area contributed by atoms with E-state index in [9.17, 15) is 9.59 Å². The molecule has 0 spiro atoms. The van der Waals surface area contributed by atoms with Crippen LogP contribution in [0.5, 0.6) is 5.75 Å². The first-order chi connectivity index (χ1) is 10.2. The van der Waals surface area contributed by atoms with Gasteiger partial charge in [-0.3, -0.25) is 10.1 Å². The highest BCUT2D eigenvalue weighted by Crippen LogP contribution is 2.16. The van der Waals surface area contributed by atoms with Crippen molar-refractivity contribution in [2.45, 2.75) is 19.8 Å². The van der Waals surface area contributed by atoms with E-state index in [0.717, 1.165) is 31.7 Å². The Kier molecular flexibility index (Phi) is 5.57. The second kappa shape index (κ2) is 7.64. The van der Waals surface area contributed by atoms with Gasteiger partial charge in [0.15, 0.2) is 0 Å². The molecule has 2 rings (SSSR count).